The molecule has 1 aliphatic heterocycles. The van der Waals surface area contributed by atoms with Crippen LogP contribution in [0.4, 0.5) is 0 Å². The van der Waals surface area contributed by atoms with Crippen molar-refractivity contribution in [2.24, 2.45) is 0 Å². The molecule has 0 aromatic carbocycles. The van der Waals surface area contributed by atoms with Gasteiger partial charge in [-0.3, -0.25) is 0 Å². The average molecular weight is 127 g/mol. The van der Waals surface area contributed by atoms with Crippen molar-refractivity contribution in [3.63, 3.8) is 0 Å². The van der Waals surface area contributed by atoms with Crippen LogP contribution in [0.3, 0.4) is 0 Å². The summed E-state index contributed by atoms with van der Waals surface area (Å²) >= 11 is 0. The molecule has 0 radical (unpaired) electrons. The third kappa shape index (κ3) is 7.45. The molecule has 0 saturated carbocycles. The van der Waals surface area contributed by atoms with Gasteiger partial charge in [0.15, 0.2) is 0 Å². The molecule has 1 fully saturated rings. The van der Waals surface area contributed by atoms with Crippen LogP contribution in [-0.2, 0) is 0 Å². The van der Waals surface area contributed by atoms with Gasteiger partial charge in [-0.05, 0) is 19.5 Å². The van der Waals surface area contributed by atoms with E-state index in [4.69, 9.17) is 0 Å². The van der Waals surface area contributed by atoms with Crippen LogP contribution in [0.1, 0.15) is 20.3 Å². The fraction of sp³-hybridized carbons (Fsp3) is 0.857. The zero-order valence-corrected chi connectivity index (χ0v) is 6.28. The summed E-state index contributed by atoms with van der Waals surface area (Å²) in [5.41, 5.74) is 0. The lowest BCUT2D eigenvalue weighted by Gasteiger charge is -2.09. The van der Waals surface area contributed by atoms with Gasteiger partial charge in [-0.2, -0.15) is 0 Å². The van der Waals surface area contributed by atoms with Crippen molar-refractivity contribution in [3.05, 3.63) is 4.85 Å². The summed E-state index contributed by atoms with van der Waals surface area (Å²) in [5.74, 6) is 0. The highest BCUT2D eigenvalue weighted by molar-refractivity contribution is 4.77. The van der Waals surface area contributed by atoms with Crippen LogP contribution in [0, 0.1) is 6.07 Å². The van der Waals surface area contributed by atoms with Crippen LogP contribution in [0.5, 0.6) is 0 Å². The summed E-state index contributed by atoms with van der Waals surface area (Å²) in [6, 6.07) is 2.64. The van der Waals surface area contributed by atoms with E-state index in [1.807, 2.05) is 6.92 Å². The van der Waals surface area contributed by atoms with E-state index in [0.29, 0.717) is 0 Å². The predicted molar refractivity (Wildman–Crippen MR) is 40.9 cm³/mol. The van der Waals surface area contributed by atoms with Gasteiger partial charge in [0.05, 0.1) is 6.92 Å². The lowest BCUT2D eigenvalue weighted by Crippen LogP contribution is -2.29. The third-order valence-corrected chi connectivity index (χ3v) is 1.02. The van der Waals surface area contributed by atoms with E-state index >= 15 is 0 Å². The first-order valence-corrected chi connectivity index (χ1v) is 3.45. The monoisotopic (exact) mass is 127 g/mol. The second-order valence-corrected chi connectivity index (χ2v) is 1.80. The van der Waals surface area contributed by atoms with Crippen molar-refractivity contribution in [1.29, 1.82) is 0 Å². The summed E-state index contributed by atoms with van der Waals surface area (Å²) < 4.78 is 0. The molecule has 0 aliphatic carbocycles. The molecule has 0 aromatic heterocycles. The Morgan fingerprint density at radius 2 is 2.00 bits per heavy atom. The number of nitrogens with zero attached hydrogens (tertiary/aromatic N) is 1. The molecule has 0 atom stereocenters. The highest BCUT2D eigenvalue weighted by Crippen LogP contribution is 1.80. The first kappa shape index (κ1) is 8.45. The molecule has 2 nitrogen and oxygen atoms in total. The van der Waals surface area contributed by atoms with Gasteiger partial charge in [-0.1, -0.05) is 4.85 Å². The summed E-state index contributed by atoms with van der Waals surface area (Å²) in [7, 11) is 0. The van der Waals surface area contributed by atoms with E-state index in [2.05, 4.69) is 16.2 Å². The van der Waals surface area contributed by atoms with Crippen molar-refractivity contribution in [2.45, 2.75) is 20.3 Å². The molecule has 0 bridgehead atoms. The van der Waals surface area contributed by atoms with Crippen molar-refractivity contribution < 1.29 is 0 Å². The molecule has 1 heterocycles. The molecule has 2 heteroatoms. The third-order valence-electron chi connectivity index (χ3n) is 1.02. The van der Waals surface area contributed by atoms with Gasteiger partial charge >= 0.3 is 0 Å². The maximum atomic E-state index is 3.72. The van der Waals surface area contributed by atoms with Crippen molar-refractivity contribution in [1.82, 2.24) is 5.32 Å². The second kappa shape index (κ2) is 7.45. The van der Waals surface area contributed by atoms with Crippen LogP contribution in [-0.4, -0.2) is 19.6 Å². The number of rotatable bonds is 0. The van der Waals surface area contributed by atoms with E-state index in [9.17, 15) is 0 Å². The van der Waals surface area contributed by atoms with Gasteiger partial charge in [0.2, 0.25) is 0 Å². The van der Waals surface area contributed by atoms with Gasteiger partial charge in [0.1, 0.15) is 0 Å². The van der Waals surface area contributed by atoms with Gasteiger partial charge in [0.25, 0.3) is 12.6 Å². The normalized spacial score (nSPS) is 13.6. The molecule has 0 amide bonds. The molecule has 0 spiro atoms. The van der Waals surface area contributed by atoms with Gasteiger partial charge < -0.3 is 5.32 Å². The molecular formula is C7H15N2+. The van der Waals surface area contributed by atoms with E-state index in [1.165, 1.54) is 19.5 Å². The number of hydrogen-bond donors (Lipinski definition) is 1. The standard InChI is InChI=1S/C4H8N.C3H7N/c1-3-5-4-2;1-2-4-3-1/h3H2,1-2H3;4H,1-3H2/q+1;. The van der Waals surface area contributed by atoms with Gasteiger partial charge in [-0.15, -0.1) is 0 Å². The molecular weight excluding hydrogens is 112 g/mol. The Morgan fingerprint density at radius 3 is 2.00 bits per heavy atom. The minimum absolute atomic E-state index is 0.858. The maximum Gasteiger partial charge on any atom is 0.269 e. The van der Waals surface area contributed by atoms with Crippen molar-refractivity contribution in [3.8, 4) is 6.07 Å². The summed E-state index contributed by atoms with van der Waals surface area (Å²) in [5, 5.41) is 3.11. The van der Waals surface area contributed by atoms with E-state index in [0.717, 1.165) is 6.54 Å². The van der Waals surface area contributed by atoms with Crippen LogP contribution < -0.4 is 5.32 Å². The largest absolute Gasteiger partial charge is 0.317 e. The summed E-state index contributed by atoms with van der Waals surface area (Å²) in [6.45, 7) is 7.14. The van der Waals surface area contributed by atoms with Crippen LogP contribution >= 0.6 is 0 Å². The molecule has 0 aromatic rings. The first-order chi connectivity index (χ1) is 4.41. The topological polar surface area (TPSA) is 16.4 Å². The fourth-order valence-corrected chi connectivity index (χ4v) is 0.335. The summed E-state index contributed by atoms with van der Waals surface area (Å²) in [6.07, 6.45) is 1.39. The average Bonchev–Trinajstić information content (AvgIpc) is 1.63. The number of hydrogen-bond acceptors (Lipinski definition) is 1. The lowest BCUT2D eigenvalue weighted by molar-refractivity contribution is 0.527. The molecule has 0 unspecified atom stereocenters. The van der Waals surface area contributed by atoms with Gasteiger partial charge in [-0.25, -0.2) is 0 Å². The van der Waals surface area contributed by atoms with E-state index in [-0.39, 0.29) is 0 Å². The smallest absolute Gasteiger partial charge is 0.269 e. The quantitative estimate of drug-likeness (QED) is 0.519. The van der Waals surface area contributed by atoms with Crippen LogP contribution in [0.15, 0.2) is 0 Å². The zero-order chi connectivity index (χ0) is 6.95. The Hall–Kier alpha value is -0.550. The van der Waals surface area contributed by atoms with Crippen LogP contribution in [0.2, 0.25) is 0 Å². The first-order valence-electron chi connectivity index (χ1n) is 3.45. The Bertz CT molecular complexity index is 91.2. The molecule has 1 aliphatic rings. The highest BCUT2D eigenvalue weighted by Gasteiger charge is 1.92. The molecule has 1 N–H and O–H groups in total. The van der Waals surface area contributed by atoms with Crippen molar-refractivity contribution >= 4 is 0 Å². The predicted octanol–water partition coefficient (Wildman–Crippen LogP) is 1.34. The highest BCUT2D eigenvalue weighted by atomic mass is 14.9. The Kier molecular flexibility index (Phi) is 6.99. The molecule has 52 valence electrons. The second-order valence-electron chi connectivity index (χ2n) is 1.80. The fourth-order valence-electron chi connectivity index (χ4n) is 0.335. The van der Waals surface area contributed by atoms with E-state index in [1.54, 1.807) is 6.92 Å². The SMILES string of the molecule is C1CNC1.CC#[N+]CC. The minimum atomic E-state index is 0.858. The Labute approximate surface area is 57.1 Å². The Morgan fingerprint density at radius 1 is 1.56 bits per heavy atom. The summed E-state index contributed by atoms with van der Waals surface area (Å²) in [4.78, 5) is 3.72. The lowest BCUT2D eigenvalue weighted by atomic mass is 10.3. The molecule has 1 rings (SSSR count). The van der Waals surface area contributed by atoms with Crippen LogP contribution in [0.25, 0.3) is 4.85 Å². The van der Waals surface area contributed by atoms with Gasteiger partial charge in [0, 0.05) is 6.92 Å². The Balaban J connectivity index is 0.000000144. The van der Waals surface area contributed by atoms with Crippen molar-refractivity contribution in [2.75, 3.05) is 19.6 Å². The zero-order valence-electron chi connectivity index (χ0n) is 6.28. The number of nitrogens with one attached hydrogen (secondary N) is 1. The minimum Gasteiger partial charge on any atom is -0.317 e. The molecule has 9 heavy (non-hydrogen) atoms. The maximum absolute atomic E-state index is 3.72. The molecule has 1 saturated heterocycles. The van der Waals surface area contributed by atoms with E-state index < -0.39 is 0 Å².